The van der Waals surface area contributed by atoms with E-state index in [0.29, 0.717) is 15.2 Å². The van der Waals surface area contributed by atoms with Crippen molar-refractivity contribution in [2.45, 2.75) is 30.3 Å². The van der Waals surface area contributed by atoms with Crippen molar-refractivity contribution < 1.29 is 4.79 Å². The molecule has 0 bridgehead atoms. The molecule has 0 saturated carbocycles. The van der Waals surface area contributed by atoms with E-state index in [4.69, 9.17) is 23.2 Å². The Kier molecular flexibility index (Phi) is 6.06. The molecule has 0 radical (unpaired) electrons. The first-order chi connectivity index (χ1) is 10.5. The molecule has 1 amide bonds. The maximum Gasteiger partial charge on any atom is 0.233 e. The summed E-state index contributed by atoms with van der Waals surface area (Å²) >= 11 is 13.3. The first kappa shape index (κ1) is 17.1. The van der Waals surface area contributed by atoms with Crippen LogP contribution < -0.4 is 5.32 Å². The number of benzene rings is 1. The molecule has 0 aliphatic rings. The van der Waals surface area contributed by atoms with Crippen molar-refractivity contribution in [3.05, 3.63) is 52.3 Å². The Morgan fingerprint density at radius 3 is 2.55 bits per heavy atom. The van der Waals surface area contributed by atoms with Crippen LogP contribution in [-0.4, -0.2) is 21.1 Å². The highest BCUT2D eigenvalue weighted by atomic mass is 35.5. The standard InChI is InChI=1S/C15H15Cl2N3OS/c1-9(12-5-4-11(16)8-13(12)17)20-14(21)10(2)22-15-18-6-3-7-19-15/h3-10H,1-2H3,(H,20,21). The number of rotatable bonds is 5. The first-order valence-corrected chi connectivity index (χ1v) is 8.30. The van der Waals surface area contributed by atoms with Crippen LogP contribution >= 0.6 is 35.0 Å². The zero-order chi connectivity index (χ0) is 16.1. The molecule has 0 saturated heterocycles. The largest absolute Gasteiger partial charge is 0.349 e. The topological polar surface area (TPSA) is 54.9 Å². The summed E-state index contributed by atoms with van der Waals surface area (Å²) in [5.74, 6) is -0.101. The number of nitrogens with one attached hydrogen (secondary N) is 1. The van der Waals surface area contributed by atoms with Gasteiger partial charge >= 0.3 is 0 Å². The number of carbonyl (C=O) groups is 1. The fourth-order valence-electron chi connectivity index (χ4n) is 1.82. The van der Waals surface area contributed by atoms with Gasteiger partial charge in [0.2, 0.25) is 5.91 Å². The number of aromatic nitrogens is 2. The normalized spacial score (nSPS) is 13.5. The van der Waals surface area contributed by atoms with Crippen LogP contribution in [0.3, 0.4) is 0 Å². The second-order valence-electron chi connectivity index (χ2n) is 4.69. The van der Waals surface area contributed by atoms with Gasteiger partial charge < -0.3 is 5.32 Å². The maximum atomic E-state index is 12.3. The van der Waals surface area contributed by atoms with Crippen molar-refractivity contribution in [1.29, 1.82) is 0 Å². The molecule has 1 aromatic carbocycles. The van der Waals surface area contributed by atoms with E-state index in [1.807, 2.05) is 19.9 Å². The maximum absolute atomic E-state index is 12.3. The van der Waals surface area contributed by atoms with Crippen molar-refractivity contribution in [3.8, 4) is 0 Å². The van der Waals surface area contributed by atoms with Gasteiger partial charge in [0.15, 0.2) is 5.16 Å². The summed E-state index contributed by atoms with van der Waals surface area (Å²) in [6.45, 7) is 3.69. The molecular weight excluding hydrogens is 341 g/mol. The van der Waals surface area contributed by atoms with E-state index in [9.17, 15) is 4.79 Å². The van der Waals surface area contributed by atoms with Gasteiger partial charge in [-0.15, -0.1) is 0 Å². The summed E-state index contributed by atoms with van der Waals surface area (Å²) in [6.07, 6.45) is 3.30. The Labute approximate surface area is 143 Å². The highest BCUT2D eigenvalue weighted by molar-refractivity contribution is 8.00. The molecule has 0 aliphatic heterocycles. The Morgan fingerprint density at radius 2 is 1.91 bits per heavy atom. The number of hydrogen-bond acceptors (Lipinski definition) is 4. The molecule has 0 fully saturated rings. The minimum atomic E-state index is -0.309. The SMILES string of the molecule is CC(Sc1ncccn1)C(=O)NC(C)c1ccc(Cl)cc1Cl. The lowest BCUT2D eigenvalue weighted by Gasteiger charge is -2.18. The highest BCUT2D eigenvalue weighted by Gasteiger charge is 2.19. The Hall–Kier alpha value is -1.30. The molecule has 4 nitrogen and oxygen atoms in total. The van der Waals surface area contributed by atoms with Crippen molar-refractivity contribution >= 4 is 40.9 Å². The van der Waals surface area contributed by atoms with Gasteiger partial charge in [-0.1, -0.05) is 41.0 Å². The van der Waals surface area contributed by atoms with Crippen LogP contribution in [-0.2, 0) is 4.79 Å². The van der Waals surface area contributed by atoms with E-state index in [0.717, 1.165) is 5.56 Å². The lowest BCUT2D eigenvalue weighted by molar-refractivity contribution is -0.120. The van der Waals surface area contributed by atoms with Gasteiger partial charge in [0, 0.05) is 22.4 Å². The van der Waals surface area contributed by atoms with Crippen LogP contribution in [0.5, 0.6) is 0 Å². The molecule has 1 aromatic heterocycles. The van der Waals surface area contributed by atoms with Crippen LogP contribution in [0.15, 0.2) is 41.8 Å². The van der Waals surface area contributed by atoms with E-state index in [1.54, 1.807) is 30.6 Å². The van der Waals surface area contributed by atoms with Gasteiger partial charge in [0.1, 0.15) is 0 Å². The number of nitrogens with zero attached hydrogens (tertiary/aromatic N) is 2. The smallest absolute Gasteiger partial charge is 0.233 e. The Bertz CT molecular complexity index is 654. The summed E-state index contributed by atoms with van der Waals surface area (Å²) in [6, 6.07) is 6.75. The van der Waals surface area contributed by atoms with E-state index >= 15 is 0 Å². The zero-order valence-corrected chi connectivity index (χ0v) is 14.4. The summed E-state index contributed by atoms with van der Waals surface area (Å²) < 4.78 is 0. The Balaban J connectivity index is 1.98. The lowest BCUT2D eigenvalue weighted by Crippen LogP contribution is -2.33. The average molecular weight is 356 g/mol. The average Bonchev–Trinajstić information content (AvgIpc) is 2.47. The fourth-order valence-corrected chi connectivity index (χ4v) is 3.13. The molecule has 22 heavy (non-hydrogen) atoms. The number of carbonyl (C=O) groups excluding carboxylic acids is 1. The van der Waals surface area contributed by atoms with Gasteiger partial charge in [-0.05, 0) is 37.6 Å². The second-order valence-corrected chi connectivity index (χ2v) is 6.84. The molecule has 2 rings (SSSR count). The molecule has 1 heterocycles. The van der Waals surface area contributed by atoms with Gasteiger partial charge in [-0.2, -0.15) is 0 Å². The number of hydrogen-bond donors (Lipinski definition) is 1. The van der Waals surface area contributed by atoms with Crippen LogP contribution in [0.25, 0.3) is 0 Å². The quantitative estimate of drug-likeness (QED) is 0.646. The van der Waals surface area contributed by atoms with E-state index in [2.05, 4.69) is 15.3 Å². The van der Waals surface area contributed by atoms with E-state index in [-0.39, 0.29) is 17.2 Å². The van der Waals surface area contributed by atoms with Gasteiger partial charge in [0.05, 0.1) is 11.3 Å². The molecule has 116 valence electrons. The fraction of sp³-hybridized carbons (Fsp3) is 0.267. The van der Waals surface area contributed by atoms with Crippen LogP contribution in [0.4, 0.5) is 0 Å². The van der Waals surface area contributed by atoms with Gasteiger partial charge in [0.25, 0.3) is 0 Å². The van der Waals surface area contributed by atoms with E-state index in [1.165, 1.54) is 11.8 Å². The summed E-state index contributed by atoms with van der Waals surface area (Å²) in [4.78, 5) is 20.4. The molecular formula is C15H15Cl2N3OS. The number of halogens is 2. The van der Waals surface area contributed by atoms with Crippen molar-refractivity contribution in [2.75, 3.05) is 0 Å². The highest BCUT2D eigenvalue weighted by Crippen LogP contribution is 2.27. The summed E-state index contributed by atoms with van der Waals surface area (Å²) in [5, 5.41) is 4.30. The molecule has 7 heteroatoms. The van der Waals surface area contributed by atoms with Crippen LogP contribution in [0, 0.1) is 0 Å². The molecule has 2 unspecified atom stereocenters. The minimum absolute atomic E-state index is 0.101. The Morgan fingerprint density at radius 1 is 1.23 bits per heavy atom. The first-order valence-electron chi connectivity index (χ1n) is 6.66. The van der Waals surface area contributed by atoms with Crippen molar-refractivity contribution in [2.24, 2.45) is 0 Å². The number of thioether (sulfide) groups is 1. The van der Waals surface area contributed by atoms with E-state index < -0.39 is 0 Å². The third-order valence-electron chi connectivity index (χ3n) is 2.98. The minimum Gasteiger partial charge on any atom is -0.349 e. The third-order valence-corrected chi connectivity index (χ3v) is 4.53. The van der Waals surface area contributed by atoms with Crippen molar-refractivity contribution in [3.63, 3.8) is 0 Å². The van der Waals surface area contributed by atoms with Gasteiger partial charge in [-0.3, -0.25) is 4.79 Å². The van der Waals surface area contributed by atoms with Crippen LogP contribution in [0.1, 0.15) is 25.5 Å². The molecule has 0 spiro atoms. The molecule has 2 atom stereocenters. The zero-order valence-electron chi connectivity index (χ0n) is 12.1. The van der Waals surface area contributed by atoms with Crippen molar-refractivity contribution in [1.82, 2.24) is 15.3 Å². The predicted octanol–water partition coefficient (Wildman–Crippen LogP) is 4.14. The second kappa shape index (κ2) is 7.81. The molecule has 2 aromatic rings. The summed E-state index contributed by atoms with van der Waals surface area (Å²) in [5.41, 5.74) is 0.826. The number of amides is 1. The van der Waals surface area contributed by atoms with Gasteiger partial charge in [-0.25, -0.2) is 9.97 Å². The monoisotopic (exact) mass is 355 g/mol. The summed E-state index contributed by atoms with van der Waals surface area (Å²) in [7, 11) is 0. The lowest BCUT2D eigenvalue weighted by atomic mass is 10.1. The van der Waals surface area contributed by atoms with Crippen LogP contribution in [0.2, 0.25) is 10.0 Å². The molecule has 1 N–H and O–H groups in total. The third kappa shape index (κ3) is 4.60. The predicted molar refractivity (Wildman–Crippen MR) is 90.4 cm³/mol. The molecule has 0 aliphatic carbocycles.